The van der Waals surface area contributed by atoms with Crippen LogP contribution in [0.4, 0.5) is 16.4 Å². The Morgan fingerprint density at radius 2 is 1.68 bits per heavy atom. The molecule has 0 saturated carbocycles. The van der Waals surface area contributed by atoms with Gasteiger partial charge in [-0.3, -0.25) is 0 Å². The molecule has 1 N–H and O–H groups in total. The number of amides is 1. The number of piperazine rings is 1. The number of nitrogens with zero attached hydrogens (tertiary/aromatic N) is 5. The van der Waals surface area contributed by atoms with E-state index in [-0.39, 0.29) is 6.09 Å². The standard InChI is InChI=1S/C23H34N6O2/c1-23(2,3)31-22(30)29-13-11-28(12-14-29)20-17-7-8-25-16-19(17)18(15-24)21(26-20)27-9-5-4-6-10-27/h25H,4-14,16H2,1-3H3. The largest absolute Gasteiger partial charge is 0.444 e. The van der Waals surface area contributed by atoms with E-state index in [1.807, 2.05) is 20.8 Å². The molecule has 0 bridgehead atoms. The van der Waals surface area contributed by atoms with Crippen molar-refractivity contribution in [1.29, 1.82) is 5.26 Å². The van der Waals surface area contributed by atoms with Gasteiger partial charge in [-0.1, -0.05) is 0 Å². The number of piperidine rings is 1. The van der Waals surface area contributed by atoms with Gasteiger partial charge in [0.2, 0.25) is 0 Å². The normalized spacial score (nSPS) is 19.6. The number of rotatable bonds is 2. The van der Waals surface area contributed by atoms with Crippen LogP contribution in [0.1, 0.15) is 56.7 Å². The van der Waals surface area contributed by atoms with E-state index in [4.69, 9.17) is 9.72 Å². The van der Waals surface area contributed by atoms with Gasteiger partial charge in [0.05, 0.1) is 5.56 Å². The Hall–Kier alpha value is -2.53. The van der Waals surface area contributed by atoms with Crippen LogP contribution in [-0.2, 0) is 17.7 Å². The number of hydrogen-bond donors (Lipinski definition) is 1. The second-order valence-corrected chi connectivity index (χ2v) is 9.63. The van der Waals surface area contributed by atoms with Gasteiger partial charge in [0.1, 0.15) is 23.3 Å². The maximum Gasteiger partial charge on any atom is 0.410 e. The highest BCUT2D eigenvalue weighted by molar-refractivity contribution is 5.70. The monoisotopic (exact) mass is 426 g/mol. The molecule has 0 radical (unpaired) electrons. The van der Waals surface area contributed by atoms with Gasteiger partial charge in [-0.25, -0.2) is 9.78 Å². The molecule has 1 amide bonds. The Balaban J connectivity index is 1.60. The third-order valence-corrected chi connectivity index (χ3v) is 6.22. The lowest BCUT2D eigenvalue weighted by molar-refractivity contribution is 0.0240. The van der Waals surface area contributed by atoms with Gasteiger partial charge in [-0.05, 0) is 58.6 Å². The highest BCUT2D eigenvalue weighted by Crippen LogP contribution is 2.34. The number of pyridine rings is 1. The minimum atomic E-state index is -0.488. The Bertz CT molecular complexity index is 858. The van der Waals surface area contributed by atoms with Gasteiger partial charge < -0.3 is 24.8 Å². The number of carbonyl (C=O) groups excluding carboxylic acids is 1. The first-order valence-electron chi connectivity index (χ1n) is 11.5. The number of carbonyl (C=O) groups is 1. The average molecular weight is 427 g/mol. The van der Waals surface area contributed by atoms with Crippen molar-refractivity contribution in [2.24, 2.45) is 0 Å². The predicted octanol–water partition coefficient (Wildman–Crippen LogP) is 2.65. The molecule has 31 heavy (non-hydrogen) atoms. The van der Waals surface area contributed by atoms with Crippen molar-refractivity contribution in [2.45, 2.75) is 58.6 Å². The van der Waals surface area contributed by atoms with Crippen molar-refractivity contribution in [3.8, 4) is 6.07 Å². The van der Waals surface area contributed by atoms with Gasteiger partial charge in [-0.15, -0.1) is 0 Å². The Morgan fingerprint density at radius 3 is 2.32 bits per heavy atom. The second-order valence-electron chi connectivity index (χ2n) is 9.63. The fourth-order valence-electron chi connectivity index (χ4n) is 4.67. The second kappa shape index (κ2) is 8.91. The van der Waals surface area contributed by atoms with Crippen molar-refractivity contribution in [3.05, 3.63) is 16.7 Å². The molecule has 0 atom stereocenters. The van der Waals surface area contributed by atoms with Crippen LogP contribution in [-0.4, -0.2) is 67.4 Å². The number of nitriles is 1. The highest BCUT2D eigenvalue weighted by Gasteiger charge is 2.31. The van der Waals surface area contributed by atoms with Crippen LogP contribution in [0.15, 0.2) is 0 Å². The van der Waals surface area contributed by atoms with Gasteiger partial charge in [0.25, 0.3) is 0 Å². The molecule has 168 valence electrons. The maximum absolute atomic E-state index is 12.5. The number of hydrogen-bond acceptors (Lipinski definition) is 7. The van der Waals surface area contributed by atoms with E-state index < -0.39 is 5.60 Å². The van der Waals surface area contributed by atoms with Crippen molar-refractivity contribution >= 4 is 17.7 Å². The third kappa shape index (κ3) is 4.72. The van der Waals surface area contributed by atoms with E-state index in [2.05, 4.69) is 21.2 Å². The van der Waals surface area contributed by atoms with Gasteiger partial charge in [0, 0.05) is 51.4 Å². The molecule has 3 aliphatic heterocycles. The van der Waals surface area contributed by atoms with Crippen molar-refractivity contribution in [3.63, 3.8) is 0 Å². The molecule has 0 aromatic carbocycles. The van der Waals surface area contributed by atoms with Crippen molar-refractivity contribution in [2.75, 3.05) is 55.6 Å². The lowest BCUT2D eigenvalue weighted by Gasteiger charge is -2.39. The number of aromatic nitrogens is 1. The number of anilines is 2. The molecule has 0 unspecified atom stereocenters. The lowest BCUT2D eigenvalue weighted by Crippen LogP contribution is -2.50. The summed E-state index contributed by atoms with van der Waals surface area (Å²) in [5.74, 6) is 1.84. The van der Waals surface area contributed by atoms with Gasteiger partial charge in [0.15, 0.2) is 0 Å². The fourth-order valence-corrected chi connectivity index (χ4v) is 4.67. The van der Waals surface area contributed by atoms with Crippen molar-refractivity contribution < 1.29 is 9.53 Å². The maximum atomic E-state index is 12.5. The summed E-state index contributed by atoms with van der Waals surface area (Å²) in [6, 6.07) is 2.46. The zero-order chi connectivity index (χ0) is 22.0. The number of fused-ring (bicyclic) bond motifs is 1. The highest BCUT2D eigenvalue weighted by atomic mass is 16.6. The molecule has 8 heteroatoms. The quantitative estimate of drug-likeness (QED) is 0.778. The molecule has 0 spiro atoms. The van der Waals surface area contributed by atoms with Gasteiger partial charge >= 0.3 is 6.09 Å². The Morgan fingerprint density at radius 1 is 1.00 bits per heavy atom. The summed E-state index contributed by atoms with van der Waals surface area (Å²) in [5.41, 5.74) is 2.55. The van der Waals surface area contributed by atoms with E-state index >= 15 is 0 Å². The zero-order valence-corrected chi connectivity index (χ0v) is 19.0. The summed E-state index contributed by atoms with van der Waals surface area (Å²) in [7, 11) is 0. The van der Waals surface area contributed by atoms with E-state index in [9.17, 15) is 10.1 Å². The van der Waals surface area contributed by atoms with Crippen LogP contribution in [0.3, 0.4) is 0 Å². The molecule has 2 saturated heterocycles. The molecule has 8 nitrogen and oxygen atoms in total. The fraction of sp³-hybridized carbons (Fsp3) is 0.696. The SMILES string of the molecule is CC(C)(C)OC(=O)N1CCN(c2nc(N3CCCCC3)c(C#N)c3c2CCNC3)CC1. The zero-order valence-electron chi connectivity index (χ0n) is 19.0. The molecular formula is C23H34N6O2. The predicted molar refractivity (Wildman–Crippen MR) is 120 cm³/mol. The van der Waals surface area contributed by atoms with Crippen LogP contribution < -0.4 is 15.1 Å². The summed E-state index contributed by atoms with van der Waals surface area (Å²) >= 11 is 0. The summed E-state index contributed by atoms with van der Waals surface area (Å²) in [5, 5.41) is 13.4. The number of ether oxygens (including phenoxy) is 1. The Kier molecular flexibility index (Phi) is 6.24. The van der Waals surface area contributed by atoms with Crippen LogP contribution >= 0.6 is 0 Å². The van der Waals surface area contributed by atoms with Crippen LogP contribution in [0.5, 0.6) is 0 Å². The molecular weight excluding hydrogens is 392 g/mol. The van der Waals surface area contributed by atoms with E-state index in [1.54, 1.807) is 4.90 Å². The molecule has 1 aromatic heterocycles. The molecule has 2 fully saturated rings. The van der Waals surface area contributed by atoms with E-state index in [1.165, 1.54) is 12.0 Å². The first-order chi connectivity index (χ1) is 14.9. The van der Waals surface area contributed by atoms with Gasteiger partial charge in [-0.2, -0.15) is 5.26 Å². The smallest absolute Gasteiger partial charge is 0.410 e. The molecule has 1 aromatic rings. The van der Waals surface area contributed by atoms with Crippen LogP contribution in [0, 0.1) is 11.3 Å². The first-order valence-corrected chi connectivity index (χ1v) is 11.5. The molecule has 4 heterocycles. The first kappa shape index (κ1) is 21.7. The van der Waals surface area contributed by atoms with Crippen LogP contribution in [0.25, 0.3) is 0 Å². The summed E-state index contributed by atoms with van der Waals surface area (Å²) < 4.78 is 5.54. The summed E-state index contributed by atoms with van der Waals surface area (Å²) in [4.78, 5) is 23.9. The topological polar surface area (TPSA) is 84.7 Å². The number of nitrogens with one attached hydrogen (secondary N) is 1. The molecule has 3 aliphatic rings. The third-order valence-electron chi connectivity index (χ3n) is 6.22. The molecule has 0 aliphatic carbocycles. The lowest BCUT2D eigenvalue weighted by atomic mass is 9.96. The Labute approximate surface area is 185 Å². The average Bonchev–Trinajstić information content (AvgIpc) is 2.77. The van der Waals surface area contributed by atoms with Crippen molar-refractivity contribution in [1.82, 2.24) is 15.2 Å². The van der Waals surface area contributed by atoms with Crippen LogP contribution in [0.2, 0.25) is 0 Å². The minimum absolute atomic E-state index is 0.250. The summed E-state index contributed by atoms with van der Waals surface area (Å²) in [6.45, 7) is 11.9. The van der Waals surface area contributed by atoms with E-state index in [0.717, 1.165) is 74.7 Å². The summed E-state index contributed by atoms with van der Waals surface area (Å²) in [6.07, 6.45) is 4.15. The molecule has 4 rings (SSSR count). The minimum Gasteiger partial charge on any atom is -0.444 e. The van der Waals surface area contributed by atoms with E-state index in [0.29, 0.717) is 19.6 Å².